The molecule has 0 rings (SSSR count). The van der Waals surface area contributed by atoms with Crippen molar-refractivity contribution in [2.45, 2.75) is 0 Å². The van der Waals surface area contributed by atoms with Crippen molar-refractivity contribution < 1.29 is 35.5 Å². The van der Waals surface area contributed by atoms with Gasteiger partial charge in [0, 0.05) is 26.2 Å². The van der Waals surface area contributed by atoms with Crippen LogP contribution in [0.15, 0.2) is 0 Å². The molecule has 0 unspecified atom stereocenters. The van der Waals surface area contributed by atoms with E-state index in [1.807, 2.05) is 0 Å². The molecule has 32 valence electrons. The molecular formula is H2Cl2O2Zr. The van der Waals surface area contributed by atoms with Gasteiger partial charge in [0.1, 0.15) is 0 Å². The van der Waals surface area contributed by atoms with E-state index >= 15 is 0 Å². The largest absolute Gasteiger partial charge is 0.412 e. The van der Waals surface area contributed by atoms with Crippen molar-refractivity contribution in [3.8, 4) is 0 Å². The molecule has 0 aliphatic heterocycles. The first-order valence-corrected chi connectivity index (χ1v) is 0.926. The van der Waals surface area contributed by atoms with Crippen LogP contribution in [0.25, 0.3) is 0 Å². The summed E-state index contributed by atoms with van der Waals surface area (Å²) < 4.78 is 3.19. The fourth-order valence-electron chi connectivity index (χ4n) is 0. The molecule has 0 aliphatic rings. The van der Waals surface area contributed by atoms with Gasteiger partial charge in [0.15, 0.2) is 0 Å². The van der Waals surface area contributed by atoms with Crippen molar-refractivity contribution in [2.24, 2.45) is 0 Å². The van der Waals surface area contributed by atoms with Crippen LogP contribution in [0, 0.1) is 0 Å². The maximum Gasteiger partial charge on any atom is 0.0832 e. The van der Waals surface area contributed by atoms with Gasteiger partial charge in [0.2, 0.25) is 0 Å². The Labute approximate surface area is 59.2 Å². The van der Waals surface area contributed by atoms with Crippen LogP contribution in [0.2, 0.25) is 0 Å². The molecule has 2 nitrogen and oxygen atoms in total. The minimum Gasteiger partial charge on any atom is -0.412 e. The van der Waals surface area contributed by atoms with Crippen LogP contribution in [0.1, 0.15) is 0 Å². The molecule has 0 heterocycles. The maximum atomic E-state index is 4.26. The standard InChI is InChI=1S/Cl2O.H2O.Zr/c1-3-2;;/h;1H2;. The summed E-state index contributed by atoms with van der Waals surface area (Å²) in [5.41, 5.74) is 0. The minimum absolute atomic E-state index is 0. The zero-order valence-electron chi connectivity index (χ0n) is 2.16. The number of halogens is 2. The molecule has 0 saturated heterocycles. The zero-order valence-corrected chi connectivity index (χ0v) is 6.13. The van der Waals surface area contributed by atoms with Crippen molar-refractivity contribution in [1.29, 1.82) is 0 Å². The molecular weight excluding hydrogens is 194 g/mol. The Morgan fingerprint density at radius 3 is 1.20 bits per heavy atom. The zero-order chi connectivity index (χ0) is 2.71. The molecule has 0 saturated carbocycles. The molecule has 0 aromatic heterocycles. The molecule has 2 N–H and O–H groups in total. The van der Waals surface area contributed by atoms with Gasteiger partial charge >= 0.3 is 0 Å². The average molecular weight is 196 g/mol. The number of hydrogen-bond acceptors (Lipinski definition) is 1. The molecule has 0 aromatic rings. The maximum absolute atomic E-state index is 4.26. The summed E-state index contributed by atoms with van der Waals surface area (Å²) >= 11 is 8.53. The second-order valence-electron chi connectivity index (χ2n) is 0.0583. The fraction of sp³-hybridized carbons (Fsp3) is 0. The van der Waals surface area contributed by atoms with E-state index in [1.165, 1.54) is 0 Å². The Bertz CT molecular complexity index is 7.61. The summed E-state index contributed by atoms with van der Waals surface area (Å²) in [6.45, 7) is 0. The second kappa shape index (κ2) is 18.2. The normalized spacial score (nSPS) is 3.60. The van der Waals surface area contributed by atoms with E-state index in [1.54, 1.807) is 0 Å². The molecule has 0 amide bonds. The van der Waals surface area contributed by atoms with E-state index in [2.05, 4.69) is 27.6 Å². The van der Waals surface area contributed by atoms with Gasteiger partial charge in [-0.3, -0.25) is 0 Å². The van der Waals surface area contributed by atoms with E-state index in [0.29, 0.717) is 0 Å². The van der Waals surface area contributed by atoms with Crippen molar-refractivity contribution in [3.05, 3.63) is 0 Å². The van der Waals surface area contributed by atoms with Crippen LogP contribution in [-0.2, 0) is 30.0 Å². The van der Waals surface area contributed by atoms with Crippen molar-refractivity contribution in [2.75, 3.05) is 0 Å². The van der Waals surface area contributed by atoms with E-state index in [9.17, 15) is 0 Å². The Balaban J connectivity index is -0.0000000200. The van der Waals surface area contributed by atoms with Crippen LogP contribution in [0.5, 0.6) is 0 Å². The molecule has 0 spiro atoms. The molecule has 0 aliphatic carbocycles. The van der Waals surface area contributed by atoms with E-state index in [-0.39, 0.29) is 31.7 Å². The first-order chi connectivity index (χ1) is 1.41. The van der Waals surface area contributed by atoms with Gasteiger partial charge in [-0.2, -0.15) is 3.84 Å². The molecule has 0 fully saturated rings. The summed E-state index contributed by atoms with van der Waals surface area (Å²) in [7, 11) is 0. The van der Waals surface area contributed by atoms with Gasteiger partial charge < -0.3 is 5.48 Å². The summed E-state index contributed by atoms with van der Waals surface area (Å²) in [6, 6.07) is 0. The number of rotatable bonds is 0. The van der Waals surface area contributed by atoms with Crippen LogP contribution < -0.4 is 0 Å². The van der Waals surface area contributed by atoms with Crippen LogP contribution >= 0.6 is 23.7 Å². The third kappa shape index (κ3) is 32.2. The van der Waals surface area contributed by atoms with Crippen molar-refractivity contribution >= 4 is 23.7 Å². The Morgan fingerprint density at radius 1 is 1.20 bits per heavy atom. The molecule has 0 bridgehead atoms. The Kier molecular flexibility index (Phi) is 58.9. The first kappa shape index (κ1) is 16.2. The topological polar surface area (TPSA) is 40.7 Å². The van der Waals surface area contributed by atoms with Gasteiger partial charge in [-0.05, 0) is 0 Å². The smallest absolute Gasteiger partial charge is 0.0832 e. The molecule has 5 heteroatoms. The predicted molar refractivity (Wildman–Crippen MR) is 16.4 cm³/mol. The van der Waals surface area contributed by atoms with Gasteiger partial charge in [0.25, 0.3) is 0 Å². The minimum atomic E-state index is 0. The van der Waals surface area contributed by atoms with E-state index < -0.39 is 0 Å². The summed E-state index contributed by atoms with van der Waals surface area (Å²) in [4.78, 5) is 0. The molecule has 0 radical (unpaired) electrons. The van der Waals surface area contributed by atoms with Gasteiger partial charge in [-0.25, -0.2) is 0 Å². The predicted octanol–water partition coefficient (Wildman–Crippen LogP) is 0.483. The SMILES string of the molecule is ClOCl.O.[Zr]. The van der Waals surface area contributed by atoms with Gasteiger partial charge in [-0.1, -0.05) is 0 Å². The summed E-state index contributed by atoms with van der Waals surface area (Å²) in [5.74, 6) is 0. The first-order valence-electron chi connectivity index (χ1n) is 0.309. The second-order valence-corrected chi connectivity index (χ2v) is 0.525. The monoisotopic (exact) mass is 194 g/mol. The Morgan fingerprint density at radius 2 is 1.20 bits per heavy atom. The van der Waals surface area contributed by atoms with Gasteiger partial charge in [0.05, 0.1) is 23.7 Å². The van der Waals surface area contributed by atoms with Crippen LogP contribution in [-0.4, -0.2) is 5.48 Å². The van der Waals surface area contributed by atoms with E-state index in [4.69, 9.17) is 0 Å². The fourth-order valence-corrected chi connectivity index (χ4v) is 0. The van der Waals surface area contributed by atoms with Crippen molar-refractivity contribution in [3.63, 3.8) is 0 Å². The third-order valence-electron chi connectivity index (χ3n) is 0. The molecule has 0 atom stereocenters. The summed E-state index contributed by atoms with van der Waals surface area (Å²) in [6.07, 6.45) is 0. The van der Waals surface area contributed by atoms with Crippen molar-refractivity contribution in [1.82, 2.24) is 0 Å². The van der Waals surface area contributed by atoms with Crippen LogP contribution in [0.3, 0.4) is 0 Å². The Hall–Kier alpha value is 1.38. The quantitative estimate of drug-likeness (QED) is 0.555. The number of hydrogen-bond donors (Lipinski definition) is 0. The molecule has 5 heavy (non-hydrogen) atoms. The van der Waals surface area contributed by atoms with E-state index in [0.717, 1.165) is 0 Å². The van der Waals surface area contributed by atoms with Gasteiger partial charge in [-0.15, -0.1) is 0 Å². The van der Waals surface area contributed by atoms with Crippen LogP contribution in [0.4, 0.5) is 0 Å². The summed E-state index contributed by atoms with van der Waals surface area (Å²) in [5, 5.41) is 0. The molecule has 0 aromatic carbocycles. The third-order valence-corrected chi connectivity index (χ3v) is 0. The average Bonchev–Trinajstić information content (AvgIpc) is 0.918.